The van der Waals surface area contributed by atoms with Crippen LogP contribution in [0, 0.1) is 10.8 Å². The maximum absolute atomic E-state index is 14.6. The van der Waals surface area contributed by atoms with E-state index < -0.39 is 102 Å². The molecule has 3 aliphatic heterocycles. The minimum Gasteiger partial charge on any atom is -0.493 e. The number of esters is 2. The van der Waals surface area contributed by atoms with Crippen LogP contribution in [0.5, 0.6) is 0 Å². The Morgan fingerprint density at radius 3 is 1.02 bits per heavy atom. The molecule has 0 bridgehead atoms. The van der Waals surface area contributed by atoms with E-state index in [4.69, 9.17) is 66.3 Å². The van der Waals surface area contributed by atoms with Gasteiger partial charge in [0, 0.05) is 0 Å². The van der Waals surface area contributed by atoms with Crippen molar-refractivity contribution in [1.82, 2.24) is 0 Å². The monoisotopic (exact) mass is 1270 g/mol. The van der Waals surface area contributed by atoms with Gasteiger partial charge in [-0.15, -0.1) is 0 Å². The SMILES string of the molecule is CC(C)(C)C(=O)O[C@@H]1C(OCC2OC(O[C@H]3C(OCc4ccccc4)C=COC3COCc3ccccc3)[C@H](OC(=O)C(C)(C)C)C(OCc3ccccc3)[C@H]2OCc2ccccc2)OC(COCc2ccccc2)[C@H](OCc2ccccc2)C1OCc1ccccc1. The lowest BCUT2D eigenvalue weighted by atomic mass is 9.94. The average molecular weight is 1270 g/mol. The molecule has 2 saturated heterocycles. The van der Waals surface area contributed by atoms with Crippen molar-refractivity contribution in [1.29, 1.82) is 0 Å². The number of carbonyl (C=O) groups is 2. The summed E-state index contributed by atoms with van der Waals surface area (Å²) in [6.07, 6.45) is -10.4. The summed E-state index contributed by atoms with van der Waals surface area (Å²) in [6.45, 7) is 11.7. The second-order valence-corrected chi connectivity index (χ2v) is 25.6. The van der Waals surface area contributed by atoms with Gasteiger partial charge < -0.3 is 66.3 Å². The molecular weight excluding hydrogens is 1180 g/mol. The van der Waals surface area contributed by atoms with Crippen LogP contribution in [0.3, 0.4) is 0 Å². The molecule has 0 spiro atoms. The van der Waals surface area contributed by atoms with Gasteiger partial charge in [-0.25, -0.2) is 0 Å². The Balaban J connectivity index is 1.05. The van der Waals surface area contributed by atoms with Gasteiger partial charge in [-0.1, -0.05) is 212 Å². The first kappa shape index (κ1) is 68.4. The van der Waals surface area contributed by atoms with Crippen LogP contribution in [-0.4, -0.2) is 111 Å². The van der Waals surface area contributed by atoms with E-state index in [0.717, 1.165) is 38.9 Å². The van der Waals surface area contributed by atoms with Crippen molar-refractivity contribution in [3.63, 3.8) is 0 Å². The number of ether oxygens (including phenoxy) is 14. The molecule has 2 fully saturated rings. The van der Waals surface area contributed by atoms with Crippen molar-refractivity contribution in [3.8, 4) is 0 Å². The summed E-state index contributed by atoms with van der Waals surface area (Å²) in [5, 5.41) is 0. The molecule has 13 atom stereocenters. The Labute approximate surface area is 547 Å². The molecule has 7 aromatic carbocycles. The van der Waals surface area contributed by atoms with E-state index in [2.05, 4.69) is 0 Å². The molecule has 0 aromatic heterocycles. The van der Waals surface area contributed by atoms with Crippen molar-refractivity contribution in [2.45, 2.75) is 168 Å². The summed E-state index contributed by atoms with van der Waals surface area (Å²) < 4.78 is 96.5. The Kier molecular flexibility index (Phi) is 25.1. The number of carbonyl (C=O) groups excluding carboxylic acids is 2. The summed E-state index contributed by atoms with van der Waals surface area (Å²) in [4.78, 5) is 29.2. The summed E-state index contributed by atoms with van der Waals surface area (Å²) in [5.41, 5.74) is 4.37. The van der Waals surface area contributed by atoms with E-state index in [1.165, 1.54) is 0 Å². The zero-order valence-corrected chi connectivity index (χ0v) is 54.0. The Hall–Kier alpha value is -7.42. The van der Waals surface area contributed by atoms with Crippen LogP contribution in [0.2, 0.25) is 0 Å². The quantitative estimate of drug-likeness (QED) is 0.0390. The minimum atomic E-state index is -1.42. The molecule has 0 radical (unpaired) electrons. The molecule has 0 saturated carbocycles. The standard InChI is InChI=1S/C77H88O16/c1-76(2,3)74(78)92-70-68(86-49-59-38-24-12-25-39-59)66(84-47-57-34-20-10-21-35-57)63(52-81-45-55-30-16-8-17-31-55)89-72(70)88-53-64-67(85-48-58-36-22-11-23-37-58)69(87-50-60-40-26-13-27-41-60)71(93-75(79)77(4,5)6)73(90-64)91-65-61(83-46-56-32-18-9-19-33-56)42-43-82-62(65)51-80-44-54-28-14-7-15-29-54/h7-43,61-73H,44-53H2,1-6H3/t61?,62?,63?,64?,65-,66-,67-,68?,69?,70-,71+,72?,73?/m0/s1. The minimum absolute atomic E-state index is 0.0237. The van der Waals surface area contributed by atoms with Crippen LogP contribution < -0.4 is 0 Å². The average Bonchev–Trinajstić information content (AvgIpc) is 0.877. The highest BCUT2D eigenvalue weighted by Gasteiger charge is 2.55. The van der Waals surface area contributed by atoms with Gasteiger partial charge >= 0.3 is 11.9 Å². The number of hydrogen-bond donors (Lipinski definition) is 0. The van der Waals surface area contributed by atoms with Gasteiger partial charge in [-0.2, -0.15) is 0 Å². The molecule has 16 nitrogen and oxygen atoms in total. The largest absolute Gasteiger partial charge is 0.493 e. The predicted molar refractivity (Wildman–Crippen MR) is 348 cm³/mol. The van der Waals surface area contributed by atoms with Crippen molar-refractivity contribution in [2.24, 2.45) is 10.8 Å². The van der Waals surface area contributed by atoms with Crippen LogP contribution in [-0.2, 0) is 122 Å². The van der Waals surface area contributed by atoms with Crippen LogP contribution >= 0.6 is 0 Å². The smallest absolute Gasteiger partial charge is 0.311 e. The van der Waals surface area contributed by atoms with Crippen molar-refractivity contribution in [2.75, 3.05) is 19.8 Å². The summed E-state index contributed by atoms with van der Waals surface area (Å²) >= 11 is 0. The van der Waals surface area contributed by atoms with Crippen molar-refractivity contribution < 1.29 is 75.9 Å². The maximum atomic E-state index is 14.6. The summed E-state index contributed by atoms with van der Waals surface area (Å²) in [5.74, 6) is -1.07. The van der Waals surface area contributed by atoms with Gasteiger partial charge in [0.2, 0.25) is 0 Å². The predicted octanol–water partition coefficient (Wildman–Crippen LogP) is 13.0. The zero-order chi connectivity index (χ0) is 64.8. The fraction of sp³-hybridized carbons (Fsp3) is 0.403. The fourth-order valence-corrected chi connectivity index (χ4v) is 10.9. The third kappa shape index (κ3) is 20.3. The topological polar surface area (TPSA) is 163 Å². The van der Waals surface area contributed by atoms with Crippen molar-refractivity contribution >= 4 is 11.9 Å². The highest BCUT2D eigenvalue weighted by atomic mass is 16.8. The second-order valence-electron chi connectivity index (χ2n) is 25.6. The highest BCUT2D eigenvalue weighted by Crippen LogP contribution is 2.38. The molecule has 492 valence electrons. The molecule has 7 aromatic rings. The van der Waals surface area contributed by atoms with E-state index >= 15 is 0 Å². The van der Waals surface area contributed by atoms with Gasteiger partial charge in [0.05, 0.1) is 83.2 Å². The molecule has 93 heavy (non-hydrogen) atoms. The normalized spacial score (nSPS) is 24.8. The van der Waals surface area contributed by atoms with Crippen molar-refractivity contribution in [3.05, 3.63) is 264 Å². The lowest BCUT2D eigenvalue weighted by molar-refractivity contribution is -0.356. The summed E-state index contributed by atoms with van der Waals surface area (Å²) in [7, 11) is 0. The van der Waals surface area contributed by atoms with E-state index in [0.29, 0.717) is 6.61 Å². The van der Waals surface area contributed by atoms with Gasteiger partial charge in [0.25, 0.3) is 0 Å². The molecule has 3 heterocycles. The molecule has 16 heteroatoms. The number of hydrogen-bond acceptors (Lipinski definition) is 16. The van der Waals surface area contributed by atoms with Crippen LogP contribution in [0.1, 0.15) is 80.5 Å². The molecule has 0 aliphatic carbocycles. The molecule has 0 N–H and O–H groups in total. The Bertz CT molecular complexity index is 3310. The first-order valence-corrected chi connectivity index (χ1v) is 32.0. The lowest BCUT2D eigenvalue weighted by Crippen LogP contribution is -2.65. The molecular formula is C77H88O16. The Morgan fingerprint density at radius 2 is 0.645 bits per heavy atom. The van der Waals surface area contributed by atoms with E-state index in [1.807, 2.05) is 212 Å². The number of rotatable bonds is 30. The van der Waals surface area contributed by atoms with Crippen LogP contribution in [0.15, 0.2) is 225 Å². The third-order valence-electron chi connectivity index (χ3n) is 16.0. The second kappa shape index (κ2) is 34.1. The van der Waals surface area contributed by atoms with E-state index in [-0.39, 0.29) is 59.5 Å². The van der Waals surface area contributed by atoms with Gasteiger partial charge in [0.1, 0.15) is 48.8 Å². The zero-order valence-electron chi connectivity index (χ0n) is 54.0. The molecule has 8 unspecified atom stereocenters. The summed E-state index contributed by atoms with van der Waals surface area (Å²) in [6, 6.07) is 68.5. The van der Waals surface area contributed by atoms with Gasteiger partial charge in [-0.3, -0.25) is 9.59 Å². The van der Waals surface area contributed by atoms with Crippen LogP contribution in [0.25, 0.3) is 0 Å². The Morgan fingerprint density at radius 1 is 0.333 bits per heavy atom. The lowest BCUT2D eigenvalue weighted by Gasteiger charge is -2.49. The first-order chi connectivity index (χ1) is 45.2. The van der Waals surface area contributed by atoms with E-state index in [1.54, 1.807) is 53.9 Å². The maximum Gasteiger partial charge on any atom is 0.311 e. The van der Waals surface area contributed by atoms with Crippen LogP contribution in [0.4, 0.5) is 0 Å². The van der Waals surface area contributed by atoms with E-state index in [9.17, 15) is 9.59 Å². The molecule has 0 amide bonds. The molecule has 3 aliphatic rings. The third-order valence-corrected chi connectivity index (χ3v) is 16.0. The molecule has 10 rings (SSSR count). The fourth-order valence-electron chi connectivity index (χ4n) is 10.9. The first-order valence-electron chi connectivity index (χ1n) is 32.0. The number of benzene rings is 7. The van der Waals surface area contributed by atoms with Gasteiger partial charge in [-0.05, 0) is 86.6 Å². The van der Waals surface area contributed by atoms with Gasteiger partial charge in [0.15, 0.2) is 30.9 Å². The highest BCUT2D eigenvalue weighted by molar-refractivity contribution is 5.76.